The number of ether oxygens (including phenoxy) is 1. The lowest BCUT2D eigenvalue weighted by molar-refractivity contribution is -0.130. The molecule has 1 saturated heterocycles. The molecule has 1 heterocycles. The molecule has 32 heavy (non-hydrogen) atoms. The van der Waals surface area contributed by atoms with E-state index in [0.717, 1.165) is 30.1 Å². The van der Waals surface area contributed by atoms with Crippen LogP contribution in [-0.2, 0) is 4.79 Å². The number of nitrogens with zero attached hydrogens (tertiary/aromatic N) is 2. The normalized spacial score (nSPS) is 24.8. The zero-order valence-corrected chi connectivity index (χ0v) is 19.8. The lowest BCUT2D eigenvalue weighted by Crippen LogP contribution is -2.53. The first-order valence-corrected chi connectivity index (χ1v) is 11.4. The number of methoxy groups -OCH3 is 1. The number of nitrogens with one attached hydrogen (secondary N) is 1. The van der Waals surface area contributed by atoms with Gasteiger partial charge in [0.2, 0.25) is 5.91 Å². The first-order chi connectivity index (χ1) is 15.2. The number of carbonyl (C=O) groups excluding carboxylic acids is 1. The van der Waals surface area contributed by atoms with Crippen molar-refractivity contribution in [3.8, 4) is 5.75 Å². The van der Waals surface area contributed by atoms with Crippen LogP contribution in [0.15, 0.2) is 58.9 Å². The average molecular weight is 438 g/mol. The van der Waals surface area contributed by atoms with Crippen LogP contribution in [0.1, 0.15) is 27.7 Å². The van der Waals surface area contributed by atoms with E-state index in [1.165, 1.54) is 11.1 Å². The SMILES string of the molecule is COc1cccc(N2CCN(C(=O)CNC3C4C(=CC3(C)C)C(C)=CC(C)=C4O)CC2)c1. The van der Waals surface area contributed by atoms with Crippen molar-refractivity contribution in [2.45, 2.75) is 33.7 Å². The Kier molecular flexibility index (Phi) is 6.08. The van der Waals surface area contributed by atoms with Crippen LogP contribution < -0.4 is 15.0 Å². The second-order valence-corrected chi connectivity index (χ2v) is 9.72. The van der Waals surface area contributed by atoms with Crippen molar-refractivity contribution in [2.24, 2.45) is 11.3 Å². The van der Waals surface area contributed by atoms with E-state index in [9.17, 15) is 9.90 Å². The molecule has 3 aliphatic rings. The molecule has 172 valence electrons. The monoisotopic (exact) mass is 437 g/mol. The number of aliphatic hydroxyl groups excluding tert-OH is 1. The summed E-state index contributed by atoms with van der Waals surface area (Å²) in [5, 5.41) is 14.3. The first-order valence-electron chi connectivity index (χ1n) is 11.4. The van der Waals surface area contributed by atoms with E-state index in [0.29, 0.717) is 18.8 Å². The summed E-state index contributed by atoms with van der Waals surface area (Å²) in [4.78, 5) is 17.2. The number of allylic oxidation sites excluding steroid dienone is 3. The number of aliphatic hydroxyl groups is 1. The fourth-order valence-electron chi connectivity index (χ4n) is 5.29. The fraction of sp³-hybridized carbons (Fsp3) is 0.500. The molecule has 1 aromatic rings. The minimum Gasteiger partial charge on any atom is -0.511 e. The molecule has 0 aromatic heterocycles. The summed E-state index contributed by atoms with van der Waals surface area (Å²) in [6, 6.07) is 8.04. The van der Waals surface area contributed by atoms with Gasteiger partial charge in [-0.2, -0.15) is 0 Å². The smallest absolute Gasteiger partial charge is 0.236 e. The molecule has 2 unspecified atom stereocenters. The minimum atomic E-state index is -0.154. The van der Waals surface area contributed by atoms with E-state index in [-0.39, 0.29) is 29.8 Å². The Morgan fingerprint density at radius 2 is 1.94 bits per heavy atom. The molecule has 1 amide bonds. The van der Waals surface area contributed by atoms with Gasteiger partial charge in [-0.1, -0.05) is 32.1 Å². The van der Waals surface area contributed by atoms with Crippen LogP contribution in [0.4, 0.5) is 5.69 Å². The highest BCUT2D eigenvalue weighted by Gasteiger charge is 2.46. The predicted molar refractivity (Wildman–Crippen MR) is 128 cm³/mol. The molecule has 0 bridgehead atoms. The van der Waals surface area contributed by atoms with Crippen molar-refractivity contribution in [2.75, 3.05) is 44.7 Å². The van der Waals surface area contributed by atoms with Gasteiger partial charge >= 0.3 is 0 Å². The lowest BCUT2D eigenvalue weighted by Gasteiger charge is -2.37. The Morgan fingerprint density at radius 1 is 1.22 bits per heavy atom. The van der Waals surface area contributed by atoms with Crippen LogP contribution in [0, 0.1) is 11.3 Å². The Labute approximate surface area is 191 Å². The van der Waals surface area contributed by atoms with Crippen LogP contribution in [0.3, 0.4) is 0 Å². The van der Waals surface area contributed by atoms with Gasteiger partial charge in [-0.25, -0.2) is 0 Å². The number of amides is 1. The van der Waals surface area contributed by atoms with Gasteiger partial charge in [0.05, 0.1) is 19.6 Å². The summed E-state index contributed by atoms with van der Waals surface area (Å²) in [6.45, 7) is 11.7. The van der Waals surface area contributed by atoms with Crippen molar-refractivity contribution in [1.29, 1.82) is 0 Å². The minimum absolute atomic E-state index is 0.0156. The average Bonchev–Trinajstić information content (AvgIpc) is 3.07. The van der Waals surface area contributed by atoms with Gasteiger partial charge in [0.1, 0.15) is 11.5 Å². The van der Waals surface area contributed by atoms with Gasteiger partial charge in [0, 0.05) is 44.0 Å². The van der Waals surface area contributed by atoms with Crippen LogP contribution in [0.2, 0.25) is 0 Å². The number of benzene rings is 1. The van der Waals surface area contributed by atoms with Gasteiger partial charge in [-0.05, 0) is 48.1 Å². The quantitative estimate of drug-likeness (QED) is 0.736. The van der Waals surface area contributed by atoms with E-state index in [1.807, 2.05) is 36.1 Å². The van der Waals surface area contributed by atoms with Crippen molar-refractivity contribution >= 4 is 11.6 Å². The van der Waals surface area contributed by atoms with E-state index in [4.69, 9.17) is 4.74 Å². The number of hydrogen-bond acceptors (Lipinski definition) is 5. The largest absolute Gasteiger partial charge is 0.511 e. The Morgan fingerprint density at radius 3 is 2.62 bits per heavy atom. The predicted octanol–water partition coefficient (Wildman–Crippen LogP) is 3.68. The van der Waals surface area contributed by atoms with Gasteiger partial charge in [0.25, 0.3) is 0 Å². The molecular weight excluding hydrogens is 402 g/mol. The topological polar surface area (TPSA) is 65.0 Å². The van der Waals surface area contributed by atoms with Crippen LogP contribution in [0.5, 0.6) is 5.75 Å². The zero-order chi connectivity index (χ0) is 23.0. The van der Waals surface area contributed by atoms with Crippen molar-refractivity contribution in [1.82, 2.24) is 10.2 Å². The fourth-order valence-corrected chi connectivity index (χ4v) is 5.29. The molecular formula is C26H35N3O3. The van der Waals surface area contributed by atoms with E-state index >= 15 is 0 Å². The number of anilines is 1. The van der Waals surface area contributed by atoms with Gasteiger partial charge in [0.15, 0.2) is 0 Å². The number of fused-ring (bicyclic) bond motifs is 1. The molecule has 0 radical (unpaired) electrons. The maximum atomic E-state index is 13.0. The Hall–Kier alpha value is -2.73. The highest BCUT2D eigenvalue weighted by molar-refractivity contribution is 5.78. The lowest BCUT2D eigenvalue weighted by atomic mass is 9.79. The maximum Gasteiger partial charge on any atom is 0.236 e. The third-order valence-corrected chi connectivity index (χ3v) is 7.11. The standard InChI is InChI=1S/C26H35N3O3/c1-17-13-18(2)24(31)23-21(17)15-26(3,4)25(23)27-16-22(30)29-11-9-28(10-12-29)19-7-6-8-20(14-19)32-5/h6-8,13-15,23,25,27,31H,9-12,16H2,1-5H3. The number of carbonyl (C=O) groups is 1. The molecule has 1 aromatic carbocycles. The molecule has 1 aliphatic heterocycles. The molecule has 2 N–H and O–H groups in total. The van der Waals surface area contributed by atoms with Crippen LogP contribution in [-0.4, -0.2) is 61.8 Å². The number of hydrogen-bond donors (Lipinski definition) is 2. The molecule has 6 heteroatoms. The van der Waals surface area contributed by atoms with Gasteiger partial charge in [-0.15, -0.1) is 0 Å². The second-order valence-electron chi connectivity index (χ2n) is 9.72. The molecule has 2 atom stereocenters. The molecule has 6 nitrogen and oxygen atoms in total. The van der Waals surface area contributed by atoms with Crippen molar-refractivity contribution in [3.63, 3.8) is 0 Å². The zero-order valence-electron chi connectivity index (χ0n) is 19.8. The maximum absolute atomic E-state index is 13.0. The molecule has 1 fully saturated rings. The summed E-state index contributed by atoms with van der Waals surface area (Å²) >= 11 is 0. The van der Waals surface area contributed by atoms with E-state index in [1.54, 1.807) is 7.11 Å². The molecule has 0 spiro atoms. The summed E-state index contributed by atoms with van der Waals surface area (Å²) in [5.41, 5.74) is 4.25. The third kappa shape index (κ3) is 4.16. The van der Waals surface area contributed by atoms with Crippen molar-refractivity contribution in [3.05, 3.63) is 58.9 Å². The molecule has 4 rings (SSSR count). The third-order valence-electron chi connectivity index (χ3n) is 7.11. The number of rotatable bonds is 5. The van der Waals surface area contributed by atoms with Gasteiger partial charge in [-0.3, -0.25) is 4.79 Å². The first kappa shape index (κ1) is 22.5. The molecule has 0 saturated carbocycles. The summed E-state index contributed by atoms with van der Waals surface area (Å²) < 4.78 is 5.33. The van der Waals surface area contributed by atoms with E-state index < -0.39 is 0 Å². The highest BCUT2D eigenvalue weighted by atomic mass is 16.5. The van der Waals surface area contributed by atoms with Crippen LogP contribution >= 0.6 is 0 Å². The van der Waals surface area contributed by atoms with Gasteiger partial charge < -0.3 is 25.0 Å². The summed E-state index contributed by atoms with van der Waals surface area (Å²) in [5.74, 6) is 1.29. The summed E-state index contributed by atoms with van der Waals surface area (Å²) in [6.07, 6.45) is 4.30. The Balaban J connectivity index is 1.36. The van der Waals surface area contributed by atoms with Crippen molar-refractivity contribution < 1.29 is 14.6 Å². The Bertz CT molecular complexity index is 984. The summed E-state index contributed by atoms with van der Waals surface area (Å²) in [7, 11) is 1.68. The molecule has 2 aliphatic carbocycles. The van der Waals surface area contributed by atoms with E-state index in [2.05, 4.69) is 43.1 Å². The van der Waals surface area contributed by atoms with Crippen LogP contribution in [0.25, 0.3) is 0 Å². The number of piperazine rings is 1. The highest BCUT2D eigenvalue weighted by Crippen LogP contribution is 2.48. The second kappa shape index (κ2) is 8.66.